The third-order valence-electron chi connectivity index (χ3n) is 4.12. The van der Waals surface area contributed by atoms with Crippen molar-refractivity contribution in [3.8, 4) is 11.5 Å². The molecular weight excluding hydrogens is 350 g/mol. The number of ether oxygens (including phenoxy) is 2. The van der Waals surface area contributed by atoms with E-state index in [2.05, 4.69) is 20.6 Å². The Labute approximate surface area is 156 Å². The number of carbonyl (C=O) groups is 1. The summed E-state index contributed by atoms with van der Waals surface area (Å²) in [6.07, 6.45) is 4.84. The van der Waals surface area contributed by atoms with Crippen LogP contribution >= 0.6 is 0 Å². The molecule has 2 N–H and O–H groups in total. The van der Waals surface area contributed by atoms with Crippen molar-refractivity contribution in [1.82, 2.24) is 25.2 Å². The van der Waals surface area contributed by atoms with Crippen molar-refractivity contribution in [1.29, 1.82) is 0 Å². The predicted molar refractivity (Wildman–Crippen MR) is 98.8 cm³/mol. The van der Waals surface area contributed by atoms with Crippen molar-refractivity contribution in [2.75, 3.05) is 32.0 Å². The van der Waals surface area contributed by atoms with Gasteiger partial charge in [0, 0.05) is 13.1 Å². The normalized spacial score (nSPS) is 14.5. The average Bonchev–Trinajstić information content (AvgIpc) is 3.11. The van der Waals surface area contributed by atoms with Crippen molar-refractivity contribution in [3.05, 3.63) is 23.8 Å². The maximum Gasteiger partial charge on any atom is 0.263 e. The molecular formula is C17H23N7O3. The number of nitrogens with zero attached hydrogens (tertiary/aromatic N) is 6. The van der Waals surface area contributed by atoms with Crippen molar-refractivity contribution >= 4 is 18.1 Å². The van der Waals surface area contributed by atoms with Crippen LogP contribution in [0.25, 0.3) is 0 Å². The molecule has 0 radical (unpaired) electrons. The van der Waals surface area contributed by atoms with E-state index in [1.54, 1.807) is 24.4 Å². The fourth-order valence-corrected chi connectivity index (χ4v) is 2.76. The SMILES string of the molecule is CCOc1cc(/C=N/n2nnnc2N)ccc1OCC(=O)N1CCCCC1. The number of benzene rings is 1. The second-order valence-electron chi connectivity index (χ2n) is 6.04. The standard InChI is InChI=1S/C17H23N7O3/c1-2-26-15-10-13(11-19-24-17(18)20-21-22-24)6-7-14(15)27-12-16(25)23-8-4-3-5-9-23/h6-7,10-11H,2-5,8-9,12H2,1H3,(H2,18,20,22)/b19-11+. The zero-order chi connectivity index (χ0) is 19.1. The number of nitrogens with two attached hydrogens (primary N) is 1. The van der Waals surface area contributed by atoms with Gasteiger partial charge in [-0.1, -0.05) is 9.89 Å². The second kappa shape index (κ2) is 8.97. The first-order valence-electron chi connectivity index (χ1n) is 8.93. The van der Waals surface area contributed by atoms with Crippen LogP contribution < -0.4 is 15.2 Å². The third kappa shape index (κ3) is 4.93. The molecule has 1 aromatic heterocycles. The molecule has 0 aliphatic carbocycles. The lowest BCUT2D eigenvalue weighted by Crippen LogP contribution is -2.38. The Balaban J connectivity index is 1.66. The molecule has 2 heterocycles. The van der Waals surface area contributed by atoms with E-state index in [0.29, 0.717) is 18.1 Å². The molecule has 0 bridgehead atoms. The summed E-state index contributed by atoms with van der Waals surface area (Å²) in [5, 5.41) is 14.7. The van der Waals surface area contributed by atoms with Crippen LogP contribution in [0.15, 0.2) is 23.3 Å². The van der Waals surface area contributed by atoms with E-state index in [9.17, 15) is 4.79 Å². The van der Waals surface area contributed by atoms with Crippen LogP contribution in [0.4, 0.5) is 5.95 Å². The molecule has 1 amide bonds. The molecule has 0 saturated carbocycles. The molecule has 1 aliphatic rings. The van der Waals surface area contributed by atoms with E-state index in [0.717, 1.165) is 36.3 Å². The summed E-state index contributed by atoms with van der Waals surface area (Å²) < 4.78 is 11.3. The van der Waals surface area contributed by atoms with Gasteiger partial charge in [0.1, 0.15) is 0 Å². The predicted octanol–water partition coefficient (Wildman–Crippen LogP) is 0.927. The second-order valence-corrected chi connectivity index (χ2v) is 6.04. The zero-order valence-electron chi connectivity index (χ0n) is 15.2. The highest BCUT2D eigenvalue weighted by atomic mass is 16.5. The molecule has 0 unspecified atom stereocenters. The molecule has 1 aliphatic heterocycles. The molecule has 1 aromatic carbocycles. The van der Waals surface area contributed by atoms with E-state index >= 15 is 0 Å². The van der Waals surface area contributed by atoms with Crippen LogP contribution in [0, 0.1) is 0 Å². The average molecular weight is 373 g/mol. The summed E-state index contributed by atoms with van der Waals surface area (Å²) in [6.45, 7) is 3.95. The molecule has 144 valence electrons. The van der Waals surface area contributed by atoms with Gasteiger partial charge in [-0.25, -0.2) is 0 Å². The van der Waals surface area contributed by atoms with Gasteiger partial charge in [0.25, 0.3) is 11.9 Å². The highest BCUT2D eigenvalue weighted by Gasteiger charge is 2.17. The zero-order valence-corrected chi connectivity index (χ0v) is 15.2. The van der Waals surface area contributed by atoms with E-state index in [1.165, 1.54) is 6.42 Å². The number of aromatic nitrogens is 4. The van der Waals surface area contributed by atoms with Crippen LogP contribution in [0.1, 0.15) is 31.7 Å². The molecule has 27 heavy (non-hydrogen) atoms. The highest BCUT2D eigenvalue weighted by Crippen LogP contribution is 2.28. The van der Waals surface area contributed by atoms with Gasteiger partial charge in [-0.3, -0.25) is 4.79 Å². The number of nitrogen functional groups attached to an aromatic ring is 1. The molecule has 1 fully saturated rings. The fraction of sp³-hybridized carbons (Fsp3) is 0.471. The number of tetrazole rings is 1. The van der Waals surface area contributed by atoms with Gasteiger partial charge in [0.05, 0.1) is 12.8 Å². The van der Waals surface area contributed by atoms with Crippen LogP contribution in [0.5, 0.6) is 11.5 Å². The Kier molecular flexibility index (Phi) is 6.18. The number of anilines is 1. The molecule has 1 saturated heterocycles. The first-order chi connectivity index (χ1) is 13.2. The number of carbonyl (C=O) groups excluding carboxylic acids is 1. The van der Waals surface area contributed by atoms with E-state index in [4.69, 9.17) is 15.2 Å². The third-order valence-corrected chi connectivity index (χ3v) is 4.12. The van der Waals surface area contributed by atoms with Crippen molar-refractivity contribution in [2.24, 2.45) is 5.10 Å². The summed E-state index contributed by atoms with van der Waals surface area (Å²) in [5.74, 6) is 1.14. The number of rotatable bonds is 7. The van der Waals surface area contributed by atoms with Crippen LogP contribution in [-0.4, -0.2) is 63.6 Å². The quantitative estimate of drug-likeness (QED) is 0.717. The molecule has 0 atom stereocenters. The Morgan fingerprint density at radius 2 is 2.07 bits per heavy atom. The summed E-state index contributed by atoms with van der Waals surface area (Å²) in [5.41, 5.74) is 6.32. The van der Waals surface area contributed by atoms with Crippen molar-refractivity contribution in [3.63, 3.8) is 0 Å². The number of hydrogen-bond donors (Lipinski definition) is 1. The van der Waals surface area contributed by atoms with Crippen molar-refractivity contribution in [2.45, 2.75) is 26.2 Å². The summed E-state index contributed by atoms with van der Waals surface area (Å²) in [7, 11) is 0. The van der Waals surface area contributed by atoms with E-state index in [1.807, 2.05) is 11.8 Å². The lowest BCUT2D eigenvalue weighted by molar-refractivity contribution is -0.134. The van der Waals surface area contributed by atoms with Crippen LogP contribution in [0.2, 0.25) is 0 Å². The minimum absolute atomic E-state index is 0.00283. The summed E-state index contributed by atoms with van der Waals surface area (Å²) in [4.78, 5) is 15.2. The van der Waals surface area contributed by atoms with Gasteiger partial charge < -0.3 is 20.1 Å². The highest BCUT2D eigenvalue weighted by molar-refractivity contribution is 5.81. The van der Waals surface area contributed by atoms with Gasteiger partial charge in [-0.15, -0.1) is 0 Å². The summed E-state index contributed by atoms with van der Waals surface area (Å²) >= 11 is 0. The Bertz CT molecular complexity index is 800. The van der Waals surface area contributed by atoms with E-state index < -0.39 is 0 Å². The molecule has 3 rings (SSSR count). The molecule has 10 heteroatoms. The topological polar surface area (TPSA) is 121 Å². The summed E-state index contributed by atoms with van der Waals surface area (Å²) in [6, 6.07) is 5.32. The monoisotopic (exact) mass is 373 g/mol. The van der Waals surface area contributed by atoms with Gasteiger partial charge in [0.2, 0.25) is 0 Å². The lowest BCUT2D eigenvalue weighted by Gasteiger charge is -2.26. The molecule has 0 spiro atoms. The first kappa shape index (κ1) is 18.6. The Hall–Kier alpha value is -3.17. The maximum atomic E-state index is 12.3. The van der Waals surface area contributed by atoms with Crippen LogP contribution in [0.3, 0.4) is 0 Å². The Morgan fingerprint density at radius 3 is 2.78 bits per heavy atom. The minimum atomic E-state index is -0.00529. The van der Waals surface area contributed by atoms with Gasteiger partial charge in [0.15, 0.2) is 18.1 Å². The number of likely N-dealkylation sites (tertiary alicyclic amines) is 1. The van der Waals surface area contributed by atoms with Gasteiger partial charge in [-0.05, 0) is 60.4 Å². The smallest absolute Gasteiger partial charge is 0.263 e. The molecule has 2 aromatic rings. The largest absolute Gasteiger partial charge is 0.490 e. The van der Waals surface area contributed by atoms with Crippen molar-refractivity contribution < 1.29 is 14.3 Å². The minimum Gasteiger partial charge on any atom is -0.490 e. The number of hydrogen-bond acceptors (Lipinski definition) is 8. The maximum absolute atomic E-state index is 12.3. The van der Waals surface area contributed by atoms with Crippen LogP contribution in [-0.2, 0) is 4.79 Å². The number of amides is 1. The van der Waals surface area contributed by atoms with E-state index in [-0.39, 0.29) is 18.5 Å². The Morgan fingerprint density at radius 1 is 1.26 bits per heavy atom. The van der Waals surface area contributed by atoms with Gasteiger partial charge >= 0.3 is 0 Å². The first-order valence-corrected chi connectivity index (χ1v) is 8.93. The molecule has 10 nitrogen and oxygen atoms in total. The number of piperidine rings is 1. The lowest BCUT2D eigenvalue weighted by atomic mass is 10.1. The fourth-order valence-electron chi connectivity index (χ4n) is 2.76. The van der Waals surface area contributed by atoms with Gasteiger partial charge in [-0.2, -0.15) is 5.10 Å².